The lowest BCUT2D eigenvalue weighted by Crippen LogP contribution is -2.30. The van der Waals surface area contributed by atoms with Gasteiger partial charge in [-0.25, -0.2) is 5.84 Å². The summed E-state index contributed by atoms with van der Waals surface area (Å²) in [5, 5.41) is 4.37. The van der Waals surface area contributed by atoms with E-state index < -0.39 is 5.91 Å². The van der Waals surface area contributed by atoms with Crippen LogP contribution in [0.1, 0.15) is 34.8 Å². The second-order valence-electron chi connectivity index (χ2n) is 4.80. The van der Waals surface area contributed by atoms with Gasteiger partial charge in [-0.3, -0.25) is 15.1 Å². The molecule has 0 fully saturated rings. The maximum absolute atomic E-state index is 11.3. The van der Waals surface area contributed by atoms with Gasteiger partial charge in [0.2, 0.25) is 0 Å². The van der Waals surface area contributed by atoms with E-state index in [0.29, 0.717) is 17.3 Å². The van der Waals surface area contributed by atoms with Crippen molar-refractivity contribution in [2.24, 2.45) is 5.84 Å². The number of hydrogen-bond acceptors (Lipinski definition) is 5. The predicted molar refractivity (Wildman–Crippen MR) is 79.5 cm³/mol. The van der Waals surface area contributed by atoms with E-state index in [1.807, 2.05) is 36.7 Å². The number of hydrazine groups is 1. The SMILES string of the molecule is CC(c1cccc(Cl)c1)N(C)Cc1cc(C(=O)NN)no1. The number of carbonyl (C=O) groups is 1. The number of nitrogens with one attached hydrogen (secondary N) is 1. The molecule has 112 valence electrons. The molecule has 1 aromatic carbocycles. The highest BCUT2D eigenvalue weighted by molar-refractivity contribution is 6.30. The van der Waals surface area contributed by atoms with Gasteiger partial charge in [0.15, 0.2) is 11.5 Å². The van der Waals surface area contributed by atoms with Crippen LogP contribution < -0.4 is 11.3 Å². The zero-order chi connectivity index (χ0) is 15.4. The number of aromatic nitrogens is 1. The van der Waals surface area contributed by atoms with Gasteiger partial charge in [0.1, 0.15) is 0 Å². The first-order chi connectivity index (χ1) is 10.0. The average Bonchev–Trinajstić information content (AvgIpc) is 2.94. The van der Waals surface area contributed by atoms with Gasteiger partial charge in [-0.2, -0.15) is 0 Å². The van der Waals surface area contributed by atoms with Crippen LogP contribution in [-0.2, 0) is 6.54 Å². The maximum atomic E-state index is 11.3. The number of rotatable bonds is 5. The van der Waals surface area contributed by atoms with Gasteiger partial charge in [0, 0.05) is 17.1 Å². The number of nitrogens with zero attached hydrogens (tertiary/aromatic N) is 2. The fourth-order valence-corrected chi connectivity index (χ4v) is 2.17. The van der Waals surface area contributed by atoms with E-state index in [2.05, 4.69) is 17.0 Å². The largest absolute Gasteiger partial charge is 0.359 e. The van der Waals surface area contributed by atoms with Crippen molar-refractivity contribution in [2.45, 2.75) is 19.5 Å². The average molecular weight is 309 g/mol. The molecule has 1 aromatic heterocycles. The van der Waals surface area contributed by atoms with Gasteiger partial charge in [-0.1, -0.05) is 28.9 Å². The van der Waals surface area contributed by atoms with Gasteiger partial charge in [0.25, 0.3) is 5.91 Å². The number of nitrogen functional groups attached to an aromatic ring is 1. The highest BCUT2D eigenvalue weighted by Crippen LogP contribution is 2.23. The summed E-state index contributed by atoms with van der Waals surface area (Å²) < 4.78 is 5.13. The molecule has 2 aromatic rings. The normalized spacial score (nSPS) is 12.4. The molecular formula is C14H17ClN4O2. The van der Waals surface area contributed by atoms with Crippen LogP contribution in [-0.4, -0.2) is 23.0 Å². The Morgan fingerprint density at radius 2 is 2.29 bits per heavy atom. The van der Waals surface area contributed by atoms with E-state index in [1.165, 1.54) is 0 Å². The van der Waals surface area contributed by atoms with Crippen LogP contribution in [0.3, 0.4) is 0 Å². The van der Waals surface area contributed by atoms with Gasteiger partial charge in [0.05, 0.1) is 6.54 Å². The van der Waals surface area contributed by atoms with Gasteiger partial charge < -0.3 is 4.52 Å². The fourth-order valence-electron chi connectivity index (χ4n) is 1.97. The lowest BCUT2D eigenvalue weighted by molar-refractivity contribution is 0.0944. The molecular weight excluding hydrogens is 292 g/mol. The molecule has 3 N–H and O–H groups in total. The van der Waals surface area contributed by atoms with Crippen LogP contribution in [0.25, 0.3) is 0 Å². The van der Waals surface area contributed by atoms with Crippen LogP contribution in [0.5, 0.6) is 0 Å². The molecule has 6 nitrogen and oxygen atoms in total. The minimum absolute atomic E-state index is 0.139. The standard InChI is InChI=1S/C14H17ClN4O2/c1-9(10-4-3-5-11(15)6-10)19(2)8-12-7-13(18-21-12)14(20)17-16/h3-7,9H,8,16H2,1-2H3,(H,17,20). The molecule has 2 rings (SSSR count). The molecule has 0 aliphatic carbocycles. The quantitative estimate of drug-likeness (QED) is 0.502. The Morgan fingerprint density at radius 1 is 1.52 bits per heavy atom. The summed E-state index contributed by atoms with van der Waals surface area (Å²) in [7, 11) is 1.96. The molecule has 0 saturated heterocycles. The summed E-state index contributed by atoms with van der Waals surface area (Å²) in [5.41, 5.74) is 3.28. The maximum Gasteiger partial charge on any atom is 0.287 e. The zero-order valence-electron chi connectivity index (χ0n) is 11.8. The van der Waals surface area contributed by atoms with Crippen LogP contribution in [0.2, 0.25) is 5.02 Å². The van der Waals surface area contributed by atoms with Crippen molar-refractivity contribution in [3.63, 3.8) is 0 Å². The molecule has 0 saturated carbocycles. The van der Waals surface area contributed by atoms with Crippen molar-refractivity contribution in [3.8, 4) is 0 Å². The van der Waals surface area contributed by atoms with Crippen LogP contribution in [0, 0.1) is 0 Å². The number of benzene rings is 1. The fraction of sp³-hybridized carbons (Fsp3) is 0.286. The van der Waals surface area contributed by atoms with Crippen molar-refractivity contribution < 1.29 is 9.32 Å². The van der Waals surface area contributed by atoms with E-state index >= 15 is 0 Å². The van der Waals surface area contributed by atoms with Crippen LogP contribution in [0.4, 0.5) is 0 Å². The molecule has 1 atom stereocenters. The van der Waals surface area contributed by atoms with Crippen LogP contribution >= 0.6 is 11.6 Å². The van der Waals surface area contributed by atoms with E-state index in [-0.39, 0.29) is 11.7 Å². The summed E-state index contributed by atoms with van der Waals surface area (Å²) in [6.45, 7) is 2.58. The third kappa shape index (κ3) is 3.81. The molecule has 1 amide bonds. The molecule has 1 heterocycles. The highest BCUT2D eigenvalue weighted by Gasteiger charge is 2.16. The van der Waals surface area contributed by atoms with Crippen molar-refractivity contribution in [1.82, 2.24) is 15.5 Å². The first kappa shape index (κ1) is 15.5. The summed E-state index contributed by atoms with van der Waals surface area (Å²) in [5.74, 6) is 5.16. The lowest BCUT2D eigenvalue weighted by atomic mass is 10.1. The van der Waals surface area contributed by atoms with Crippen LogP contribution in [0.15, 0.2) is 34.9 Å². The van der Waals surface area contributed by atoms with Gasteiger partial charge in [-0.15, -0.1) is 0 Å². The minimum Gasteiger partial charge on any atom is -0.359 e. The first-order valence-corrected chi connectivity index (χ1v) is 6.81. The lowest BCUT2D eigenvalue weighted by Gasteiger charge is -2.23. The van der Waals surface area contributed by atoms with Crippen molar-refractivity contribution in [3.05, 3.63) is 52.4 Å². The summed E-state index contributed by atoms with van der Waals surface area (Å²) in [4.78, 5) is 13.4. The molecule has 0 radical (unpaired) electrons. The van der Waals surface area contributed by atoms with Crippen molar-refractivity contribution >= 4 is 17.5 Å². The third-order valence-corrected chi connectivity index (χ3v) is 3.56. The Morgan fingerprint density at radius 3 is 2.95 bits per heavy atom. The molecule has 1 unspecified atom stereocenters. The third-order valence-electron chi connectivity index (χ3n) is 3.32. The van der Waals surface area contributed by atoms with E-state index in [9.17, 15) is 4.79 Å². The highest BCUT2D eigenvalue weighted by atomic mass is 35.5. The Bertz CT molecular complexity index is 629. The Hall–Kier alpha value is -1.89. The summed E-state index contributed by atoms with van der Waals surface area (Å²) in [6.07, 6.45) is 0. The van der Waals surface area contributed by atoms with Crippen molar-refractivity contribution in [1.29, 1.82) is 0 Å². The number of nitrogens with two attached hydrogens (primary N) is 1. The Balaban J connectivity index is 2.05. The Labute approximate surface area is 127 Å². The smallest absolute Gasteiger partial charge is 0.287 e. The first-order valence-electron chi connectivity index (χ1n) is 6.43. The number of halogens is 1. The van der Waals surface area contributed by atoms with Crippen molar-refractivity contribution in [2.75, 3.05) is 7.05 Å². The van der Waals surface area contributed by atoms with Gasteiger partial charge in [-0.05, 0) is 31.7 Å². The number of amides is 1. The topological polar surface area (TPSA) is 84.4 Å². The zero-order valence-corrected chi connectivity index (χ0v) is 12.6. The second-order valence-corrected chi connectivity index (χ2v) is 5.23. The molecule has 21 heavy (non-hydrogen) atoms. The monoisotopic (exact) mass is 308 g/mol. The molecule has 0 aliphatic heterocycles. The number of hydrogen-bond donors (Lipinski definition) is 2. The summed E-state index contributed by atoms with van der Waals surface area (Å²) >= 11 is 6.00. The molecule has 7 heteroatoms. The molecule has 0 aliphatic rings. The van der Waals surface area contributed by atoms with E-state index in [4.69, 9.17) is 22.0 Å². The molecule has 0 bridgehead atoms. The van der Waals surface area contributed by atoms with E-state index in [1.54, 1.807) is 6.07 Å². The number of carbonyl (C=O) groups excluding carboxylic acids is 1. The molecule has 0 spiro atoms. The second kappa shape index (κ2) is 6.71. The van der Waals surface area contributed by atoms with Gasteiger partial charge >= 0.3 is 0 Å². The van der Waals surface area contributed by atoms with E-state index in [0.717, 1.165) is 5.56 Å². The predicted octanol–water partition coefficient (Wildman–Crippen LogP) is 2.12. The summed E-state index contributed by atoms with van der Waals surface area (Å²) in [6, 6.07) is 9.41. The minimum atomic E-state index is -0.476. The Kier molecular flexibility index (Phi) is 4.95.